The third kappa shape index (κ3) is 3.34. The Kier molecular flexibility index (Phi) is 5.08. The predicted octanol–water partition coefficient (Wildman–Crippen LogP) is 3.22. The van der Waals surface area contributed by atoms with Crippen LogP contribution in [0.2, 0.25) is 0 Å². The third-order valence-electron chi connectivity index (χ3n) is 3.30. The quantitative estimate of drug-likeness (QED) is 0.325. The first-order valence-corrected chi connectivity index (χ1v) is 7.45. The summed E-state index contributed by atoms with van der Waals surface area (Å²) < 4.78 is 57.0. The molecule has 5 nitrogen and oxygen atoms in total. The van der Waals surface area contributed by atoms with Gasteiger partial charge in [0, 0.05) is 26.3 Å². The molecule has 2 rings (SSSR count). The van der Waals surface area contributed by atoms with E-state index in [1.807, 2.05) is 0 Å². The molecule has 1 atom stereocenters. The zero-order chi connectivity index (χ0) is 18.1. The van der Waals surface area contributed by atoms with Crippen LogP contribution in [-0.2, 0) is 11.5 Å². The van der Waals surface area contributed by atoms with Crippen molar-refractivity contribution in [2.45, 2.75) is 11.5 Å². The number of aliphatic hydroxyl groups is 1. The van der Waals surface area contributed by atoms with Crippen molar-refractivity contribution in [2.75, 3.05) is 6.54 Å². The van der Waals surface area contributed by atoms with Gasteiger partial charge in [-0.2, -0.15) is 8.78 Å². The van der Waals surface area contributed by atoms with E-state index in [0.29, 0.717) is 15.7 Å². The van der Waals surface area contributed by atoms with Crippen molar-refractivity contribution in [3.63, 3.8) is 0 Å². The van der Waals surface area contributed by atoms with Crippen molar-refractivity contribution in [1.82, 2.24) is 4.98 Å². The van der Waals surface area contributed by atoms with Gasteiger partial charge in [-0.3, -0.25) is 15.1 Å². The van der Waals surface area contributed by atoms with E-state index in [1.54, 1.807) is 22.6 Å². The second-order valence-electron chi connectivity index (χ2n) is 4.91. The Morgan fingerprint density at radius 1 is 1.25 bits per heavy atom. The van der Waals surface area contributed by atoms with Crippen molar-refractivity contribution in [2.24, 2.45) is 0 Å². The zero-order valence-corrected chi connectivity index (χ0v) is 13.9. The Labute approximate surface area is 146 Å². The second kappa shape index (κ2) is 6.59. The van der Waals surface area contributed by atoms with Crippen LogP contribution in [0.5, 0.6) is 0 Å². The maximum absolute atomic E-state index is 14.8. The molecule has 0 amide bonds. The van der Waals surface area contributed by atoms with Crippen LogP contribution in [0.15, 0.2) is 36.5 Å². The predicted molar refractivity (Wildman–Crippen MR) is 83.0 cm³/mol. The summed E-state index contributed by atoms with van der Waals surface area (Å²) in [4.78, 5) is 13.0. The maximum Gasteiger partial charge on any atom is 0.328 e. The Bertz CT molecular complexity index is 773. The van der Waals surface area contributed by atoms with Crippen LogP contribution in [-0.4, -0.2) is 21.6 Å². The van der Waals surface area contributed by atoms with Crippen molar-refractivity contribution in [3.05, 3.63) is 73.1 Å². The first kappa shape index (κ1) is 18.5. The van der Waals surface area contributed by atoms with E-state index in [0.717, 1.165) is 12.3 Å². The van der Waals surface area contributed by atoms with Gasteiger partial charge in [0.15, 0.2) is 0 Å². The van der Waals surface area contributed by atoms with E-state index < -0.39 is 45.9 Å². The molecule has 1 heterocycles. The van der Waals surface area contributed by atoms with Gasteiger partial charge in [-0.25, -0.2) is 8.78 Å². The van der Waals surface area contributed by atoms with Gasteiger partial charge in [-0.15, -0.1) is 0 Å². The summed E-state index contributed by atoms with van der Waals surface area (Å²) in [5, 5.41) is 21.2. The molecule has 0 aliphatic rings. The van der Waals surface area contributed by atoms with E-state index in [-0.39, 0.29) is 6.07 Å². The fourth-order valence-electron chi connectivity index (χ4n) is 2.14. The highest BCUT2D eigenvalue weighted by molar-refractivity contribution is 14.1. The lowest BCUT2D eigenvalue weighted by molar-refractivity contribution is -0.514. The summed E-state index contributed by atoms with van der Waals surface area (Å²) in [6.07, 6.45) is 1.07. The molecule has 128 valence electrons. The lowest BCUT2D eigenvalue weighted by atomic mass is 9.84. The number of alkyl halides is 2. The number of halogens is 5. The molecule has 0 saturated heterocycles. The van der Waals surface area contributed by atoms with Crippen molar-refractivity contribution < 1.29 is 27.6 Å². The highest BCUT2D eigenvalue weighted by Gasteiger charge is 2.60. The molecule has 0 fully saturated rings. The summed E-state index contributed by atoms with van der Waals surface area (Å²) >= 11 is 1.81. The number of nitro groups is 1. The Morgan fingerprint density at radius 2 is 1.92 bits per heavy atom. The fraction of sp³-hybridized carbons (Fsp3) is 0.214. The molecule has 0 aliphatic heterocycles. The average molecular weight is 456 g/mol. The standard InChI is InChI=1S/C14H9F4IN2O3/c15-8-1-3-10(11(16)5-8)13(22,7-21(23)24)14(17,18)12-4-2-9(19)6-20-12/h1-6,22H,7H2. The average Bonchev–Trinajstić information content (AvgIpc) is 2.46. The highest BCUT2D eigenvalue weighted by Crippen LogP contribution is 2.45. The summed E-state index contributed by atoms with van der Waals surface area (Å²) in [6, 6.07) is 3.56. The Morgan fingerprint density at radius 3 is 2.42 bits per heavy atom. The van der Waals surface area contributed by atoms with Crippen LogP contribution in [0.25, 0.3) is 0 Å². The molecular formula is C14H9F4IN2O3. The van der Waals surface area contributed by atoms with Gasteiger partial charge in [0.05, 0.1) is 0 Å². The van der Waals surface area contributed by atoms with Gasteiger partial charge in [0.2, 0.25) is 12.1 Å². The molecule has 0 bridgehead atoms. The van der Waals surface area contributed by atoms with Crippen molar-refractivity contribution >= 4 is 22.6 Å². The first-order chi connectivity index (χ1) is 11.1. The maximum atomic E-state index is 14.8. The fourth-order valence-corrected chi connectivity index (χ4v) is 2.46. The minimum absolute atomic E-state index is 0.262. The van der Waals surface area contributed by atoms with Gasteiger partial charge in [-0.1, -0.05) is 0 Å². The van der Waals surface area contributed by atoms with Crippen LogP contribution in [0.1, 0.15) is 11.3 Å². The van der Waals surface area contributed by atoms with Crippen molar-refractivity contribution in [1.29, 1.82) is 0 Å². The van der Waals surface area contributed by atoms with Gasteiger partial charge in [0.25, 0.3) is 0 Å². The highest BCUT2D eigenvalue weighted by atomic mass is 127. The summed E-state index contributed by atoms with van der Waals surface area (Å²) in [6.45, 7) is -1.70. The zero-order valence-electron chi connectivity index (χ0n) is 11.7. The molecular weight excluding hydrogens is 447 g/mol. The van der Waals surface area contributed by atoms with Crippen LogP contribution in [0.4, 0.5) is 17.6 Å². The van der Waals surface area contributed by atoms with E-state index in [9.17, 15) is 32.8 Å². The topological polar surface area (TPSA) is 76.3 Å². The Hall–Kier alpha value is -1.82. The summed E-state index contributed by atoms with van der Waals surface area (Å²) in [5.74, 6) is -6.90. The van der Waals surface area contributed by atoms with E-state index in [4.69, 9.17) is 0 Å². The minimum atomic E-state index is -4.30. The van der Waals surface area contributed by atoms with E-state index in [2.05, 4.69) is 4.98 Å². The molecule has 0 aliphatic carbocycles. The van der Waals surface area contributed by atoms with E-state index in [1.165, 1.54) is 6.07 Å². The van der Waals surface area contributed by atoms with Crippen molar-refractivity contribution in [3.8, 4) is 0 Å². The molecule has 0 radical (unpaired) electrons. The largest absolute Gasteiger partial charge is 0.373 e. The SMILES string of the molecule is O=[N+]([O-])CC(O)(c1ccc(F)cc1F)C(F)(F)c1ccc(I)cn1. The van der Waals surface area contributed by atoms with Crippen LogP contribution >= 0.6 is 22.6 Å². The number of rotatable bonds is 5. The second-order valence-corrected chi connectivity index (χ2v) is 6.16. The number of aromatic nitrogens is 1. The summed E-state index contributed by atoms with van der Waals surface area (Å²) in [7, 11) is 0. The molecule has 1 aromatic carbocycles. The summed E-state index contributed by atoms with van der Waals surface area (Å²) in [5.41, 5.74) is -5.62. The van der Waals surface area contributed by atoms with Crippen LogP contribution < -0.4 is 0 Å². The lowest BCUT2D eigenvalue weighted by Crippen LogP contribution is -2.49. The number of pyridine rings is 1. The lowest BCUT2D eigenvalue weighted by Gasteiger charge is -2.32. The van der Waals surface area contributed by atoms with Gasteiger partial charge in [0.1, 0.15) is 17.3 Å². The van der Waals surface area contributed by atoms with Gasteiger partial charge >= 0.3 is 5.92 Å². The molecule has 1 unspecified atom stereocenters. The molecule has 2 aromatic rings. The monoisotopic (exact) mass is 456 g/mol. The van der Waals surface area contributed by atoms with Gasteiger partial charge < -0.3 is 5.11 Å². The minimum Gasteiger partial charge on any atom is -0.373 e. The number of benzene rings is 1. The number of hydrogen-bond acceptors (Lipinski definition) is 4. The smallest absolute Gasteiger partial charge is 0.328 e. The van der Waals surface area contributed by atoms with E-state index >= 15 is 0 Å². The normalized spacial score (nSPS) is 14.2. The first-order valence-electron chi connectivity index (χ1n) is 6.37. The molecule has 1 aromatic heterocycles. The molecule has 1 N–H and O–H groups in total. The van der Waals surface area contributed by atoms with Gasteiger partial charge in [-0.05, 0) is 46.9 Å². The molecule has 0 spiro atoms. The number of hydrogen-bond donors (Lipinski definition) is 1. The van der Waals surface area contributed by atoms with Crippen LogP contribution in [0.3, 0.4) is 0 Å². The molecule has 10 heteroatoms. The van der Waals surface area contributed by atoms with Crippen LogP contribution in [0, 0.1) is 25.3 Å². The molecule has 24 heavy (non-hydrogen) atoms. The molecule has 0 saturated carbocycles. The number of nitrogens with zero attached hydrogens (tertiary/aromatic N) is 2. The Balaban J connectivity index is 2.66. The third-order valence-corrected chi connectivity index (χ3v) is 3.94.